The molecule has 0 aliphatic rings. The molecule has 5 nitrogen and oxygen atoms in total. The van der Waals surface area contributed by atoms with Gasteiger partial charge in [-0.25, -0.2) is 9.78 Å². The summed E-state index contributed by atoms with van der Waals surface area (Å²) in [5, 5.41) is 3.56. The van der Waals surface area contributed by atoms with Crippen LogP contribution in [0.3, 0.4) is 0 Å². The molecule has 0 spiro atoms. The number of benzene rings is 1. The molecule has 2 aromatic rings. The average molecular weight is 360 g/mol. The number of carbonyl (C=O) groups excluding carboxylic acids is 2. The van der Waals surface area contributed by atoms with Gasteiger partial charge in [-0.2, -0.15) is 0 Å². The maximum Gasteiger partial charge on any atom is 0.351 e. The minimum atomic E-state index is -0.892. The van der Waals surface area contributed by atoms with Crippen molar-refractivity contribution in [2.75, 3.05) is 5.32 Å². The molecule has 0 saturated carbocycles. The first-order chi connectivity index (χ1) is 11.6. The fourth-order valence-corrected chi connectivity index (χ4v) is 3.09. The molecule has 2 rings (SSSR count). The third-order valence-electron chi connectivity index (χ3n) is 3.76. The molecule has 6 heteroatoms. The van der Waals surface area contributed by atoms with Crippen LogP contribution in [0.2, 0.25) is 0 Å². The molecule has 1 amide bonds. The van der Waals surface area contributed by atoms with E-state index in [-0.39, 0.29) is 11.3 Å². The third kappa shape index (κ3) is 4.89. The summed E-state index contributed by atoms with van der Waals surface area (Å²) < 4.78 is 5.26. The minimum absolute atomic E-state index is 0.0517. The fraction of sp³-hybridized carbons (Fsp3) is 0.421. The van der Waals surface area contributed by atoms with Crippen molar-refractivity contribution in [3.05, 3.63) is 45.4 Å². The smallest absolute Gasteiger partial charge is 0.351 e. The molecule has 1 heterocycles. The lowest BCUT2D eigenvalue weighted by Gasteiger charge is -2.19. The summed E-state index contributed by atoms with van der Waals surface area (Å²) in [5.41, 5.74) is 2.53. The molecule has 134 valence electrons. The zero-order valence-electron chi connectivity index (χ0n) is 15.5. The topological polar surface area (TPSA) is 68.3 Å². The molecule has 0 aliphatic carbocycles. The van der Waals surface area contributed by atoms with E-state index < -0.39 is 12.1 Å². The van der Waals surface area contributed by atoms with Gasteiger partial charge in [0.15, 0.2) is 6.10 Å². The zero-order valence-corrected chi connectivity index (χ0v) is 16.3. The Balaban J connectivity index is 1.98. The summed E-state index contributed by atoms with van der Waals surface area (Å²) in [6.45, 7) is 11.5. The number of hydrogen-bond acceptors (Lipinski definition) is 5. The van der Waals surface area contributed by atoms with E-state index in [9.17, 15) is 9.59 Å². The first-order valence-corrected chi connectivity index (χ1v) is 8.96. The molecule has 1 aromatic carbocycles. The monoisotopic (exact) mass is 360 g/mol. The van der Waals surface area contributed by atoms with Crippen LogP contribution in [0.1, 0.15) is 53.6 Å². The van der Waals surface area contributed by atoms with Crippen molar-refractivity contribution < 1.29 is 14.3 Å². The van der Waals surface area contributed by atoms with Gasteiger partial charge in [0.05, 0.1) is 10.7 Å². The molecule has 0 fully saturated rings. The Labute approximate surface area is 152 Å². The molecule has 1 unspecified atom stereocenters. The van der Waals surface area contributed by atoms with Gasteiger partial charge in [-0.15, -0.1) is 11.3 Å². The van der Waals surface area contributed by atoms with E-state index in [0.29, 0.717) is 16.3 Å². The van der Waals surface area contributed by atoms with Crippen LogP contribution in [-0.2, 0) is 14.9 Å². The first-order valence-electron chi connectivity index (χ1n) is 8.14. The van der Waals surface area contributed by atoms with Crippen LogP contribution in [-0.4, -0.2) is 23.0 Å². The normalized spacial score (nSPS) is 12.6. The number of nitrogens with one attached hydrogen (secondary N) is 1. The van der Waals surface area contributed by atoms with Gasteiger partial charge in [0.2, 0.25) is 0 Å². The summed E-state index contributed by atoms with van der Waals surface area (Å²) in [6, 6.07) is 7.67. The highest BCUT2D eigenvalue weighted by atomic mass is 32.1. The molecular weight excluding hydrogens is 336 g/mol. The number of esters is 1. The van der Waals surface area contributed by atoms with Crippen molar-refractivity contribution in [2.45, 2.75) is 53.1 Å². The Morgan fingerprint density at radius 2 is 1.76 bits per heavy atom. The summed E-state index contributed by atoms with van der Waals surface area (Å²) >= 11 is 1.27. The first kappa shape index (κ1) is 19.1. The maximum atomic E-state index is 12.3. The summed E-state index contributed by atoms with van der Waals surface area (Å²) in [7, 11) is 0. The molecule has 1 N–H and O–H groups in total. The number of rotatable bonds is 4. The highest BCUT2D eigenvalue weighted by Crippen LogP contribution is 2.24. The maximum absolute atomic E-state index is 12.3. The van der Waals surface area contributed by atoms with Crippen molar-refractivity contribution >= 4 is 28.9 Å². The van der Waals surface area contributed by atoms with Gasteiger partial charge in [-0.3, -0.25) is 4.79 Å². The second-order valence-corrected chi connectivity index (χ2v) is 8.21. The van der Waals surface area contributed by atoms with Crippen molar-refractivity contribution in [2.24, 2.45) is 0 Å². The number of carbonyl (C=O) groups is 2. The summed E-state index contributed by atoms with van der Waals surface area (Å²) in [6.07, 6.45) is -0.892. The molecule has 0 bridgehead atoms. The van der Waals surface area contributed by atoms with Crippen LogP contribution in [0.25, 0.3) is 0 Å². The van der Waals surface area contributed by atoms with Crippen molar-refractivity contribution in [3.8, 4) is 0 Å². The number of anilines is 1. The molecule has 1 atom stereocenters. The number of amides is 1. The number of thiazole rings is 1. The lowest BCUT2D eigenvalue weighted by Crippen LogP contribution is -2.30. The van der Waals surface area contributed by atoms with Crippen LogP contribution in [0.15, 0.2) is 24.3 Å². The van der Waals surface area contributed by atoms with E-state index in [1.807, 2.05) is 31.2 Å². The average Bonchev–Trinajstić information content (AvgIpc) is 2.85. The number of aryl methyl sites for hydroxylation is 2. The van der Waals surface area contributed by atoms with Crippen molar-refractivity contribution in [1.82, 2.24) is 4.98 Å². The van der Waals surface area contributed by atoms with E-state index in [4.69, 9.17) is 4.74 Å². The molecule has 25 heavy (non-hydrogen) atoms. The predicted molar refractivity (Wildman–Crippen MR) is 100 cm³/mol. The van der Waals surface area contributed by atoms with Crippen LogP contribution in [0, 0.1) is 13.8 Å². The fourth-order valence-electron chi connectivity index (χ4n) is 2.29. The Morgan fingerprint density at radius 1 is 1.16 bits per heavy atom. The van der Waals surface area contributed by atoms with Gasteiger partial charge in [0, 0.05) is 5.69 Å². The van der Waals surface area contributed by atoms with Crippen molar-refractivity contribution in [1.29, 1.82) is 0 Å². The molecule has 0 aliphatic heterocycles. The third-order valence-corrected chi connectivity index (χ3v) is 4.81. The van der Waals surface area contributed by atoms with Crippen molar-refractivity contribution in [3.63, 3.8) is 0 Å². The summed E-state index contributed by atoms with van der Waals surface area (Å²) in [5.74, 6) is -0.885. The lowest BCUT2D eigenvalue weighted by molar-refractivity contribution is -0.123. The molecule has 1 aromatic heterocycles. The van der Waals surface area contributed by atoms with Gasteiger partial charge >= 0.3 is 5.97 Å². The second kappa shape index (κ2) is 7.35. The standard InChI is InChI=1S/C19H24N2O3S/c1-11-16(25-13(3)20-11)18(23)24-12(2)17(22)21-15-9-7-14(8-10-15)19(4,5)6/h7-10,12H,1-6H3,(H,21,22). The van der Waals surface area contributed by atoms with Crippen LogP contribution >= 0.6 is 11.3 Å². The molecular formula is C19H24N2O3S. The highest BCUT2D eigenvalue weighted by molar-refractivity contribution is 7.13. The van der Waals surface area contributed by atoms with Gasteiger partial charge in [0.25, 0.3) is 5.91 Å². The SMILES string of the molecule is Cc1nc(C)c(C(=O)OC(C)C(=O)Nc2ccc(C(C)(C)C)cc2)s1. The summed E-state index contributed by atoms with van der Waals surface area (Å²) in [4.78, 5) is 29.1. The highest BCUT2D eigenvalue weighted by Gasteiger charge is 2.22. The number of ether oxygens (including phenoxy) is 1. The molecule has 0 radical (unpaired) electrons. The lowest BCUT2D eigenvalue weighted by atomic mass is 9.87. The van der Waals surface area contributed by atoms with E-state index in [1.165, 1.54) is 16.9 Å². The van der Waals surface area contributed by atoms with Crippen LogP contribution in [0.4, 0.5) is 5.69 Å². The van der Waals surface area contributed by atoms with E-state index in [0.717, 1.165) is 5.01 Å². The number of aromatic nitrogens is 1. The minimum Gasteiger partial charge on any atom is -0.448 e. The number of nitrogens with zero attached hydrogens (tertiary/aromatic N) is 1. The Bertz CT molecular complexity index is 773. The largest absolute Gasteiger partial charge is 0.448 e. The van der Waals surface area contributed by atoms with Crippen LogP contribution in [0.5, 0.6) is 0 Å². The van der Waals surface area contributed by atoms with Gasteiger partial charge in [0.1, 0.15) is 4.88 Å². The van der Waals surface area contributed by atoms with Crippen LogP contribution < -0.4 is 5.32 Å². The van der Waals surface area contributed by atoms with Gasteiger partial charge in [-0.1, -0.05) is 32.9 Å². The van der Waals surface area contributed by atoms with Gasteiger partial charge in [-0.05, 0) is 43.9 Å². The zero-order chi connectivity index (χ0) is 18.8. The Kier molecular flexibility index (Phi) is 5.62. The van der Waals surface area contributed by atoms with E-state index >= 15 is 0 Å². The van der Waals surface area contributed by atoms with E-state index in [2.05, 4.69) is 31.1 Å². The quantitative estimate of drug-likeness (QED) is 0.828. The van der Waals surface area contributed by atoms with Gasteiger partial charge < -0.3 is 10.1 Å². The number of hydrogen-bond donors (Lipinski definition) is 1. The van der Waals surface area contributed by atoms with E-state index in [1.54, 1.807) is 13.8 Å². The predicted octanol–water partition coefficient (Wildman–Crippen LogP) is 4.24. The Hall–Kier alpha value is -2.21. The molecule has 0 saturated heterocycles. The second-order valence-electron chi connectivity index (χ2n) is 7.01. The Morgan fingerprint density at radius 3 is 2.24 bits per heavy atom.